The number of ether oxygens (including phenoxy) is 1. The van der Waals surface area contributed by atoms with Gasteiger partial charge in [-0.05, 0) is 49.8 Å². The number of nitrogens with one attached hydrogen (secondary N) is 1. The van der Waals surface area contributed by atoms with E-state index in [-0.39, 0.29) is 25.0 Å². The number of rotatable bonds is 8. The number of nitrogens with zero attached hydrogens (tertiary/aromatic N) is 5. The Kier molecular flexibility index (Phi) is 7.50. The summed E-state index contributed by atoms with van der Waals surface area (Å²) in [5.41, 5.74) is 1.58. The van der Waals surface area contributed by atoms with Crippen molar-refractivity contribution in [1.29, 1.82) is 0 Å². The maximum atomic E-state index is 16.2. The van der Waals surface area contributed by atoms with E-state index in [0.29, 0.717) is 60.8 Å². The monoisotopic (exact) mass is 592 g/mol. The first kappa shape index (κ1) is 28.7. The van der Waals surface area contributed by atoms with E-state index < -0.39 is 31.6 Å². The SMILES string of the molecule is C[C@@H]1[C@@H]([Si](C)(C)F)[C@H](CCn2cc(CCO)nn2)O[C@@]12C(=O)N(c1ccccc1)c1ccc(N3CCNCC3=O)cc12. The number of amides is 2. The third kappa shape index (κ3) is 4.76. The Labute approximate surface area is 245 Å². The van der Waals surface area contributed by atoms with Crippen LogP contribution in [0.25, 0.3) is 0 Å². The molecule has 2 saturated heterocycles. The van der Waals surface area contributed by atoms with Gasteiger partial charge in [-0.25, -0.2) is 0 Å². The number of fused-ring (bicyclic) bond motifs is 2. The molecule has 1 spiro atoms. The lowest BCUT2D eigenvalue weighted by atomic mass is 9.82. The predicted molar refractivity (Wildman–Crippen MR) is 159 cm³/mol. The van der Waals surface area contributed by atoms with Gasteiger partial charge in [0.2, 0.25) is 14.3 Å². The highest BCUT2D eigenvalue weighted by Crippen LogP contribution is 2.61. The Morgan fingerprint density at radius 3 is 2.67 bits per heavy atom. The number of hydrogen-bond acceptors (Lipinski definition) is 7. The minimum Gasteiger partial charge on any atom is -0.396 e. The number of benzene rings is 2. The zero-order valence-corrected chi connectivity index (χ0v) is 25.2. The second kappa shape index (κ2) is 11.0. The Bertz CT molecular complexity index is 1480. The molecule has 2 aromatic carbocycles. The number of piperazine rings is 1. The summed E-state index contributed by atoms with van der Waals surface area (Å²) in [7, 11) is -3.35. The molecule has 12 heteroatoms. The van der Waals surface area contributed by atoms with Crippen LogP contribution in [0, 0.1) is 5.92 Å². The number of anilines is 3. The van der Waals surface area contributed by atoms with E-state index in [4.69, 9.17) is 4.74 Å². The van der Waals surface area contributed by atoms with Gasteiger partial charge in [0.1, 0.15) is 0 Å². The summed E-state index contributed by atoms with van der Waals surface area (Å²) in [6, 6.07) is 15.1. The third-order valence-corrected chi connectivity index (χ3v) is 11.3. The standard InChI is InChI=1S/C30H37FN6O4Si/c1-20-28(42(2,3)31)26(11-14-35-19-21(12-16-38)33-34-35)41-30(20)24-17-23(36-15-13-32-18-27(36)39)9-10-25(24)37(29(30)40)22-7-5-4-6-8-22/h4-10,17,19-20,26,28,32,38H,11-16,18H2,1-3H3/t20-,26+,28-,30+/m1/s1. The first-order valence-electron chi connectivity index (χ1n) is 14.6. The molecule has 4 heterocycles. The molecule has 222 valence electrons. The number of aromatic nitrogens is 3. The van der Waals surface area contributed by atoms with Crippen molar-refractivity contribution in [2.24, 2.45) is 5.92 Å². The largest absolute Gasteiger partial charge is 0.396 e. The number of carbonyl (C=O) groups is 2. The second-order valence-electron chi connectivity index (χ2n) is 11.9. The maximum absolute atomic E-state index is 16.2. The van der Waals surface area contributed by atoms with Gasteiger partial charge in [-0.1, -0.05) is 30.3 Å². The van der Waals surface area contributed by atoms with Gasteiger partial charge in [0.05, 0.1) is 24.0 Å². The Balaban J connectivity index is 1.43. The summed E-state index contributed by atoms with van der Waals surface area (Å²) < 4.78 is 24.8. The average Bonchev–Trinajstić information content (AvgIpc) is 3.61. The van der Waals surface area contributed by atoms with E-state index in [1.54, 1.807) is 33.8 Å². The fourth-order valence-corrected chi connectivity index (χ4v) is 9.59. The van der Waals surface area contributed by atoms with Gasteiger partial charge >= 0.3 is 0 Å². The topological polar surface area (TPSA) is 113 Å². The molecule has 3 aliphatic heterocycles. The van der Waals surface area contributed by atoms with Gasteiger partial charge in [0.25, 0.3) is 5.91 Å². The Morgan fingerprint density at radius 1 is 1.17 bits per heavy atom. The summed E-state index contributed by atoms with van der Waals surface area (Å²) in [5, 5.41) is 20.6. The molecule has 42 heavy (non-hydrogen) atoms. The van der Waals surface area contributed by atoms with Crippen LogP contribution in [-0.2, 0) is 32.9 Å². The van der Waals surface area contributed by atoms with Crippen molar-refractivity contribution >= 4 is 37.3 Å². The van der Waals surface area contributed by atoms with Crippen LogP contribution in [0.4, 0.5) is 21.2 Å². The van der Waals surface area contributed by atoms with Crippen molar-refractivity contribution < 1.29 is 23.5 Å². The molecule has 1 aromatic heterocycles. The van der Waals surface area contributed by atoms with Gasteiger partial charge < -0.3 is 24.2 Å². The number of halogens is 1. The summed E-state index contributed by atoms with van der Waals surface area (Å²) in [6.07, 6.45) is 2.10. The van der Waals surface area contributed by atoms with Crippen LogP contribution >= 0.6 is 0 Å². The van der Waals surface area contributed by atoms with Crippen LogP contribution in [0.3, 0.4) is 0 Å². The molecule has 0 unspecified atom stereocenters. The number of aryl methyl sites for hydroxylation is 1. The lowest BCUT2D eigenvalue weighted by Gasteiger charge is -2.32. The lowest BCUT2D eigenvalue weighted by molar-refractivity contribution is -0.145. The van der Waals surface area contributed by atoms with Gasteiger partial charge in [-0.3, -0.25) is 19.2 Å². The van der Waals surface area contributed by atoms with Crippen molar-refractivity contribution in [3.05, 3.63) is 66.0 Å². The highest BCUT2D eigenvalue weighted by molar-refractivity contribution is 6.72. The quantitative estimate of drug-likeness (QED) is 0.305. The van der Waals surface area contributed by atoms with Gasteiger partial charge in [0, 0.05) is 67.3 Å². The van der Waals surface area contributed by atoms with Crippen molar-refractivity contribution in [3.63, 3.8) is 0 Å². The van der Waals surface area contributed by atoms with Crippen molar-refractivity contribution in [2.45, 2.75) is 56.7 Å². The summed E-state index contributed by atoms with van der Waals surface area (Å²) in [5.74, 6) is -0.734. The molecule has 0 radical (unpaired) electrons. The molecule has 2 fully saturated rings. The second-order valence-corrected chi connectivity index (χ2v) is 15.7. The van der Waals surface area contributed by atoms with Crippen molar-refractivity contribution in [3.8, 4) is 0 Å². The molecule has 3 aliphatic rings. The number of para-hydroxylation sites is 1. The number of aliphatic hydroxyl groups excluding tert-OH is 1. The molecular formula is C30H37FN6O4Si. The molecule has 2 N–H and O–H groups in total. The first-order valence-corrected chi connectivity index (χ1v) is 17.5. The first-order chi connectivity index (χ1) is 20.1. The minimum atomic E-state index is -3.35. The highest BCUT2D eigenvalue weighted by Gasteiger charge is 2.67. The minimum absolute atomic E-state index is 0.0187. The normalized spacial score (nSPS) is 26.0. The van der Waals surface area contributed by atoms with Crippen LogP contribution in [0.15, 0.2) is 54.7 Å². The van der Waals surface area contributed by atoms with Crippen LogP contribution in [-0.4, -0.2) is 72.7 Å². The molecule has 4 atom stereocenters. The third-order valence-electron chi connectivity index (χ3n) is 8.86. The molecule has 10 nitrogen and oxygen atoms in total. The van der Waals surface area contributed by atoms with E-state index in [2.05, 4.69) is 15.6 Å². The summed E-state index contributed by atoms with van der Waals surface area (Å²) in [6.45, 7) is 7.16. The molecular weight excluding hydrogens is 555 g/mol. The maximum Gasteiger partial charge on any atom is 0.268 e. The van der Waals surface area contributed by atoms with E-state index in [9.17, 15) is 14.7 Å². The summed E-state index contributed by atoms with van der Waals surface area (Å²) in [4.78, 5) is 30.9. The predicted octanol–water partition coefficient (Wildman–Crippen LogP) is 3.29. The Hall–Kier alpha value is -3.45. The number of aliphatic hydroxyl groups is 1. The van der Waals surface area contributed by atoms with Crippen molar-refractivity contribution in [2.75, 3.05) is 36.0 Å². The molecule has 3 aromatic rings. The van der Waals surface area contributed by atoms with Crippen LogP contribution < -0.4 is 15.1 Å². The zero-order valence-electron chi connectivity index (χ0n) is 24.2. The van der Waals surface area contributed by atoms with E-state index in [1.165, 1.54) is 0 Å². The highest BCUT2D eigenvalue weighted by atomic mass is 28.4. The van der Waals surface area contributed by atoms with Crippen LogP contribution in [0.1, 0.15) is 24.6 Å². The summed E-state index contributed by atoms with van der Waals surface area (Å²) >= 11 is 0. The number of carbonyl (C=O) groups excluding carboxylic acids is 2. The van der Waals surface area contributed by atoms with Gasteiger partial charge in [-0.2, -0.15) is 0 Å². The van der Waals surface area contributed by atoms with Crippen LogP contribution in [0.2, 0.25) is 18.6 Å². The number of hydrogen-bond donors (Lipinski definition) is 2. The smallest absolute Gasteiger partial charge is 0.268 e. The molecule has 0 aliphatic carbocycles. The van der Waals surface area contributed by atoms with Gasteiger partial charge in [-0.15, -0.1) is 5.10 Å². The Morgan fingerprint density at radius 2 is 1.95 bits per heavy atom. The zero-order chi connectivity index (χ0) is 29.6. The lowest BCUT2D eigenvalue weighted by Crippen LogP contribution is -2.48. The molecule has 6 rings (SSSR count). The van der Waals surface area contributed by atoms with E-state index >= 15 is 4.11 Å². The van der Waals surface area contributed by atoms with Crippen LogP contribution in [0.5, 0.6) is 0 Å². The fourth-order valence-electron chi connectivity index (χ4n) is 7.05. The fraction of sp³-hybridized carbons (Fsp3) is 0.467. The average molecular weight is 593 g/mol. The van der Waals surface area contributed by atoms with Gasteiger partial charge in [0.15, 0.2) is 5.60 Å². The van der Waals surface area contributed by atoms with Crippen molar-refractivity contribution in [1.82, 2.24) is 20.3 Å². The van der Waals surface area contributed by atoms with E-state index in [1.807, 2.05) is 55.5 Å². The molecule has 2 amide bonds. The molecule has 0 bridgehead atoms. The molecule has 0 saturated carbocycles. The van der Waals surface area contributed by atoms with E-state index in [0.717, 1.165) is 0 Å².